The van der Waals surface area contributed by atoms with E-state index in [4.69, 9.17) is 0 Å². The highest BCUT2D eigenvalue weighted by molar-refractivity contribution is 5.43. The van der Waals surface area contributed by atoms with Crippen molar-refractivity contribution in [1.29, 1.82) is 0 Å². The van der Waals surface area contributed by atoms with Crippen LogP contribution in [0.25, 0.3) is 0 Å². The Bertz CT molecular complexity index is 300. The Hall–Kier alpha value is -0.850. The first-order valence-corrected chi connectivity index (χ1v) is 3.88. The molecule has 0 spiro atoms. The van der Waals surface area contributed by atoms with Gasteiger partial charge in [-0.1, -0.05) is 19.9 Å². The molecule has 0 heterocycles. The molecule has 11 heavy (non-hydrogen) atoms. The van der Waals surface area contributed by atoms with E-state index in [0.29, 0.717) is 0 Å². The number of hydrogen-bond donors (Lipinski definition) is 0. The molecule has 0 bridgehead atoms. The van der Waals surface area contributed by atoms with Gasteiger partial charge in [-0.3, -0.25) is 0 Å². The van der Waals surface area contributed by atoms with Gasteiger partial charge in [-0.25, -0.2) is 4.39 Å². The maximum absolute atomic E-state index is 12.7. The Morgan fingerprint density at radius 1 is 1.36 bits per heavy atom. The van der Waals surface area contributed by atoms with Gasteiger partial charge < -0.3 is 0 Å². The van der Waals surface area contributed by atoms with Gasteiger partial charge in [-0.15, -0.1) is 0 Å². The van der Waals surface area contributed by atoms with Gasteiger partial charge in [-0.2, -0.15) is 0 Å². The summed E-state index contributed by atoms with van der Waals surface area (Å²) in [7, 11) is 0. The summed E-state index contributed by atoms with van der Waals surface area (Å²) in [5.41, 5.74) is 2.69. The van der Waals surface area contributed by atoms with Crippen LogP contribution >= 0.6 is 0 Å². The minimum atomic E-state index is -0.114. The Morgan fingerprint density at radius 3 is 2.64 bits per heavy atom. The number of benzene rings is 1. The second kappa shape index (κ2) is 1.84. The van der Waals surface area contributed by atoms with Gasteiger partial charge in [0.1, 0.15) is 5.82 Å². The van der Waals surface area contributed by atoms with Crippen molar-refractivity contribution >= 4 is 0 Å². The molecule has 0 aromatic heterocycles. The summed E-state index contributed by atoms with van der Waals surface area (Å²) in [5.74, 6) is -0.114. The normalized spacial score (nSPS) is 18.8. The highest BCUT2D eigenvalue weighted by Gasteiger charge is 2.33. The lowest BCUT2D eigenvalue weighted by atomic mass is 9.67. The summed E-state index contributed by atoms with van der Waals surface area (Å²) >= 11 is 0. The van der Waals surface area contributed by atoms with Crippen LogP contribution < -0.4 is 0 Å². The fraction of sp³-hybridized carbons (Fsp3) is 0.400. The summed E-state index contributed by atoms with van der Waals surface area (Å²) in [5, 5.41) is 0. The average molecular weight is 150 g/mol. The van der Waals surface area contributed by atoms with Crippen LogP contribution in [-0.2, 0) is 11.8 Å². The van der Waals surface area contributed by atoms with Crippen LogP contribution in [0.3, 0.4) is 0 Å². The van der Waals surface area contributed by atoms with Crippen LogP contribution in [0, 0.1) is 5.82 Å². The van der Waals surface area contributed by atoms with Crippen LogP contribution in [0.4, 0.5) is 4.39 Å². The molecule has 0 amide bonds. The predicted octanol–water partition coefficient (Wildman–Crippen LogP) is 2.66. The lowest BCUT2D eigenvalue weighted by molar-refractivity contribution is 0.449. The fourth-order valence-electron chi connectivity index (χ4n) is 1.80. The van der Waals surface area contributed by atoms with Crippen LogP contribution in [0.15, 0.2) is 18.2 Å². The SMILES string of the molecule is CC1(C)Cc2ccc(F)cc21. The average Bonchev–Trinajstić information content (AvgIpc) is 1.92. The topological polar surface area (TPSA) is 0 Å². The van der Waals surface area contributed by atoms with Gasteiger partial charge in [-0.05, 0) is 35.1 Å². The summed E-state index contributed by atoms with van der Waals surface area (Å²) in [6.45, 7) is 4.30. The van der Waals surface area contributed by atoms with E-state index in [1.807, 2.05) is 6.07 Å². The molecular formula is C10H11F. The lowest BCUT2D eigenvalue weighted by Gasteiger charge is -2.37. The number of rotatable bonds is 0. The van der Waals surface area contributed by atoms with E-state index in [9.17, 15) is 4.39 Å². The van der Waals surface area contributed by atoms with Gasteiger partial charge in [0.25, 0.3) is 0 Å². The predicted molar refractivity (Wildman–Crippen MR) is 43.1 cm³/mol. The van der Waals surface area contributed by atoms with Crippen molar-refractivity contribution < 1.29 is 4.39 Å². The Labute approximate surface area is 66.1 Å². The van der Waals surface area contributed by atoms with E-state index in [0.717, 1.165) is 6.42 Å². The number of hydrogen-bond acceptors (Lipinski definition) is 0. The molecule has 58 valence electrons. The van der Waals surface area contributed by atoms with Gasteiger partial charge in [0.05, 0.1) is 0 Å². The second-order valence-corrected chi connectivity index (χ2v) is 3.86. The summed E-state index contributed by atoms with van der Waals surface area (Å²) in [6, 6.07) is 5.07. The highest BCUT2D eigenvalue weighted by atomic mass is 19.1. The van der Waals surface area contributed by atoms with Crippen LogP contribution in [-0.4, -0.2) is 0 Å². The minimum absolute atomic E-state index is 0.114. The zero-order valence-electron chi connectivity index (χ0n) is 6.82. The van der Waals surface area contributed by atoms with Crippen LogP contribution in [0.2, 0.25) is 0 Å². The third kappa shape index (κ3) is 0.873. The molecule has 0 fully saturated rings. The zero-order valence-corrected chi connectivity index (χ0v) is 6.82. The van der Waals surface area contributed by atoms with Crippen LogP contribution in [0.5, 0.6) is 0 Å². The zero-order chi connectivity index (χ0) is 8.06. The Balaban J connectivity index is 2.53. The summed E-state index contributed by atoms with van der Waals surface area (Å²) in [4.78, 5) is 0. The van der Waals surface area contributed by atoms with Crippen molar-refractivity contribution in [3.05, 3.63) is 35.1 Å². The van der Waals surface area contributed by atoms with Crippen molar-refractivity contribution in [2.24, 2.45) is 0 Å². The Kier molecular flexibility index (Phi) is 1.15. The molecule has 0 unspecified atom stereocenters. The van der Waals surface area contributed by atoms with Crippen molar-refractivity contribution in [2.45, 2.75) is 25.7 Å². The second-order valence-electron chi connectivity index (χ2n) is 3.86. The van der Waals surface area contributed by atoms with Gasteiger partial charge in [0, 0.05) is 0 Å². The molecule has 0 saturated carbocycles. The molecule has 0 atom stereocenters. The monoisotopic (exact) mass is 150 g/mol. The maximum Gasteiger partial charge on any atom is 0.123 e. The lowest BCUT2D eigenvalue weighted by Crippen LogP contribution is -2.32. The third-order valence-electron chi connectivity index (χ3n) is 2.43. The third-order valence-corrected chi connectivity index (χ3v) is 2.43. The van der Waals surface area contributed by atoms with E-state index in [1.165, 1.54) is 17.2 Å². The van der Waals surface area contributed by atoms with E-state index in [2.05, 4.69) is 13.8 Å². The first kappa shape index (κ1) is 6.84. The van der Waals surface area contributed by atoms with Crippen molar-refractivity contribution in [3.63, 3.8) is 0 Å². The molecule has 1 aliphatic carbocycles. The highest BCUT2D eigenvalue weighted by Crippen LogP contribution is 2.40. The van der Waals surface area contributed by atoms with E-state index in [-0.39, 0.29) is 11.2 Å². The standard InChI is InChI=1S/C10H11F/c1-10(2)6-7-3-4-8(11)5-9(7)10/h3-5H,6H2,1-2H3. The van der Waals surface area contributed by atoms with Crippen LogP contribution in [0.1, 0.15) is 25.0 Å². The molecule has 0 nitrogen and oxygen atoms in total. The first-order valence-electron chi connectivity index (χ1n) is 3.88. The van der Waals surface area contributed by atoms with Gasteiger partial charge >= 0.3 is 0 Å². The molecule has 1 aromatic rings. The summed E-state index contributed by atoms with van der Waals surface area (Å²) in [6.07, 6.45) is 1.09. The van der Waals surface area contributed by atoms with Crippen molar-refractivity contribution in [1.82, 2.24) is 0 Å². The van der Waals surface area contributed by atoms with Gasteiger partial charge in [0.15, 0.2) is 0 Å². The fourth-order valence-corrected chi connectivity index (χ4v) is 1.80. The van der Waals surface area contributed by atoms with E-state index >= 15 is 0 Å². The molecule has 0 saturated heterocycles. The van der Waals surface area contributed by atoms with Crippen molar-refractivity contribution in [2.75, 3.05) is 0 Å². The molecule has 0 radical (unpaired) electrons. The van der Waals surface area contributed by atoms with E-state index < -0.39 is 0 Å². The number of halogens is 1. The molecular weight excluding hydrogens is 139 g/mol. The largest absolute Gasteiger partial charge is 0.207 e. The van der Waals surface area contributed by atoms with Gasteiger partial charge in [0.2, 0.25) is 0 Å². The first-order chi connectivity index (χ1) is 5.09. The molecule has 1 heteroatoms. The quantitative estimate of drug-likeness (QED) is 0.533. The number of fused-ring (bicyclic) bond motifs is 1. The smallest absolute Gasteiger partial charge is 0.123 e. The molecule has 0 aliphatic heterocycles. The Morgan fingerprint density at radius 2 is 2.09 bits per heavy atom. The molecule has 1 aliphatic rings. The van der Waals surface area contributed by atoms with Crippen molar-refractivity contribution in [3.8, 4) is 0 Å². The molecule has 0 N–H and O–H groups in total. The molecule has 1 aromatic carbocycles. The summed E-state index contributed by atoms with van der Waals surface area (Å²) < 4.78 is 12.7. The minimum Gasteiger partial charge on any atom is -0.207 e. The maximum atomic E-state index is 12.7. The molecule has 2 rings (SSSR count). The van der Waals surface area contributed by atoms with E-state index in [1.54, 1.807) is 6.07 Å².